The van der Waals surface area contributed by atoms with E-state index < -0.39 is 5.92 Å². The van der Waals surface area contributed by atoms with Gasteiger partial charge in [0.1, 0.15) is 11.6 Å². The number of methoxy groups -OCH3 is 2. The summed E-state index contributed by atoms with van der Waals surface area (Å²) in [6.07, 6.45) is 0. The number of phenolic OH excluding ortho intramolecular Hbond substituents is 1. The number of nitrogens with two attached hydrogens (primary N) is 1. The predicted molar refractivity (Wildman–Crippen MR) is 111 cm³/mol. The van der Waals surface area contributed by atoms with Crippen LogP contribution >= 0.6 is 0 Å². The van der Waals surface area contributed by atoms with Crippen molar-refractivity contribution in [2.45, 2.75) is 5.92 Å². The fraction of sp³-hybridized carbons (Fsp3) is 0.182. The molecular weight excluding hydrogens is 416 g/mol. The van der Waals surface area contributed by atoms with E-state index in [0.29, 0.717) is 28.3 Å². The number of ether oxygens (including phenoxy) is 5. The molecule has 0 saturated heterocycles. The fourth-order valence-electron chi connectivity index (χ4n) is 3.93. The smallest absolute Gasteiger partial charge is 0.244 e. The first-order valence-corrected chi connectivity index (χ1v) is 9.56. The highest BCUT2D eigenvalue weighted by atomic mass is 16.7. The quantitative estimate of drug-likeness (QED) is 0.564. The number of phenols is 1. The van der Waals surface area contributed by atoms with E-state index in [0.717, 1.165) is 5.56 Å². The Morgan fingerprint density at radius 2 is 1.88 bits per heavy atom. The van der Waals surface area contributed by atoms with Crippen LogP contribution < -0.4 is 29.4 Å². The number of hydrogen-bond acceptors (Lipinski definition) is 9. The molecule has 5 rings (SSSR count). The molecular formula is C22H18N4O6. The number of nitrogens with zero attached hydrogens (tertiary/aromatic N) is 2. The van der Waals surface area contributed by atoms with Gasteiger partial charge in [0.15, 0.2) is 23.0 Å². The molecule has 0 amide bonds. The number of allylic oxidation sites excluding steroid dienone is 1. The molecule has 0 spiro atoms. The van der Waals surface area contributed by atoms with Crippen LogP contribution in [-0.4, -0.2) is 36.3 Å². The lowest BCUT2D eigenvalue weighted by Crippen LogP contribution is -2.21. The number of aromatic amines is 1. The monoisotopic (exact) mass is 434 g/mol. The van der Waals surface area contributed by atoms with Crippen molar-refractivity contribution in [2.75, 3.05) is 21.0 Å². The van der Waals surface area contributed by atoms with Crippen molar-refractivity contribution in [3.8, 4) is 52.0 Å². The van der Waals surface area contributed by atoms with Gasteiger partial charge in [-0.15, -0.1) is 5.10 Å². The van der Waals surface area contributed by atoms with Crippen LogP contribution in [0.2, 0.25) is 0 Å². The second-order valence-corrected chi connectivity index (χ2v) is 7.08. The Morgan fingerprint density at radius 3 is 2.56 bits per heavy atom. The molecule has 0 fully saturated rings. The zero-order valence-electron chi connectivity index (χ0n) is 17.1. The highest BCUT2D eigenvalue weighted by Crippen LogP contribution is 2.49. The average Bonchev–Trinajstić information content (AvgIpc) is 3.44. The number of aromatic hydroxyl groups is 1. The molecule has 0 saturated carbocycles. The van der Waals surface area contributed by atoms with Crippen LogP contribution in [0, 0.1) is 11.3 Å². The molecule has 0 aliphatic carbocycles. The van der Waals surface area contributed by atoms with Crippen molar-refractivity contribution in [3.63, 3.8) is 0 Å². The van der Waals surface area contributed by atoms with Crippen LogP contribution in [0.1, 0.15) is 17.0 Å². The summed E-state index contributed by atoms with van der Waals surface area (Å²) >= 11 is 0. The van der Waals surface area contributed by atoms with Gasteiger partial charge < -0.3 is 34.5 Å². The van der Waals surface area contributed by atoms with Crippen molar-refractivity contribution >= 4 is 0 Å². The first kappa shape index (κ1) is 19.4. The number of rotatable bonds is 4. The number of H-pyrrole nitrogens is 1. The fourth-order valence-corrected chi connectivity index (χ4v) is 3.93. The third kappa shape index (κ3) is 2.83. The van der Waals surface area contributed by atoms with Crippen LogP contribution in [0.4, 0.5) is 0 Å². The summed E-state index contributed by atoms with van der Waals surface area (Å²) < 4.78 is 27.1. The van der Waals surface area contributed by atoms with Crippen LogP contribution in [0.5, 0.6) is 34.6 Å². The maximum absolute atomic E-state index is 10.3. The zero-order valence-corrected chi connectivity index (χ0v) is 17.1. The molecule has 3 aromatic rings. The number of benzene rings is 2. The molecule has 2 aliphatic rings. The summed E-state index contributed by atoms with van der Waals surface area (Å²) in [5, 5.41) is 27.5. The number of nitriles is 1. The van der Waals surface area contributed by atoms with Crippen molar-refractivity contribution in [1.29, 1.82) is 5.26 Å². The molecule has 4 N–H and O–H groups in total. The molecule has 32 heavy (non-hydrogen) atoms. The summed E-state index contributed by atoms with van der Waals surface area (Å²) in [7, 11) is 2.86. The molecule has 3 heterocycles. The Bertz CT molecular complexity index is 1280. The lowest BCUT2D eigenvalue weighted by atomic mass is 9.82. The molecule has 10 heteroatoms. The SMILES string of the molecule is COc1cc([C@H]2C(C#N)=C(N)Oc3n[nH]c(-c4ccc5c(c4)OCO5)c32)cc(OC)c1O. The third-order valence-electron chi connectivity index (χ3n) is 5.44. The maximum atomic E-state index is 10.3. The van der Waals surface area contributed by atoms with Crippen molar-refractivity contribution in [2.24, 2.45) is 5.73 Å². The van der Waals surface area contributed by atoms with Crippen molar-refractivity contribution < 1.29 is 28.8 Å². The van der Waals surface area contributed by atoms with Gasteiger partial charge in [-0.25, -0.2) is 0 Å². The van der Waals surface area contributed by atoms with E-state index in [1.807, 2.05) is 12.1 Å². The van der Waals surface area contributed by atoms with Gasteiger partial charge in [0.05, 0.1) is 31.4 Å². The molecule has 2 aromatic carbocycles. The van der Waals surface area contributed by atoms with Gasteiger partial charge in [-0.2, -0.15) is 5.26 Å². The lowest BCUT2D eigenvalue weighted by Gasteiger charge is -2.25. The molecule has 2 aliphatic heterocycles. The second kappa shape index (κ2) is 7.31. The van der Waals surface area contributed by atoms with Gasteiger partial charge in [0.2, 0.25) is 24.3 Å². The number of hydrogen-bond donors (Lipinski definition) is 3. The van der Waals surface area contributed by atoms with E-state index in [-0.39, 0.29) is 41.4 Å². The topological polar surface area (TPSA) is 145 Å². The van der Waals surface area contributed by atoms with Crippen LogP contribution in [0.3, 0.4) is 0 Å². The highest BCUT2D eigenvalue weighted by Gasteiger charge is 2.37. The standard InChI is InChI=1S/C22H18N4O6/c1-28-15-6-11(7-16(29-2)20(15)27)17-12(8-23)21(24)32-22-18(17)19(25-26-22)10-3-4-13-14(5-10)31-9-30-13/h3-7,17,27H,9,24H2,1-2H3,(H,25,26)/t17-/m0/s1. The maximum Gasteiger partial charge on any atom is 0.244 e. The van der Waals surface area contributed by atoms with Crippen LogP contribution in [-0.2, 0) is 0 Å². The summed E-state index contributed by atoms with van der Waals surface area (Å²) in [5.41, 5.74) is 8.83. The van der Waals surface area contributed by atoms with E-state index in [1.165, 1.54) is 14.2 Å². The minimum Gasteiger partial charge on any atom is -0.502 e. The van der Waals surface area contributed by atoms with E-state index in [4.69, 9.17) is 29.4 Å². The highest BCUT2D eigenvalue weighted by molar-refractivity contribution is 5.73. The number of nitrogens with one attached hydrogen (secondary N) is 1. The third-order valence-corrected chi connectivity index (χ3v) is 5.44. The molecule has 162 valence electrons. The van der Waals surface area contributed by atoms with Gasteiger partial charge in [-0.05, 0) is 35.9 Å². The van der Waals surface area contributed by atoms with Crippen LogP contribution in [0.25, 0.3) is 11.3 Å². The summed E-state index contributed by atoms with van der Waals surface area (Å²) in [6, 6.07) is 10.9. The van der Waals surface area contributed by atoms with Gasteiger partial charge in [-0.1, -0.05) is 0 Å². The largest absolute Gasteiger partial charge is 0.502 e. The van der Waals surface area contributed by atoms with E-state index in [1.54, 1.807) is 18.2 Å². The predicted octanol–water partition coefficient (Wildman–Crippen LogP) is 2.75. The van der Waals surface area contributed by atoms with Crippen molar-refractivity contribution in [3.05, 3.63) is 52.9 Å². The van der Waals surface area contributed by atoms with E-state index in [2.05, 4.69) is 16.3 Å². The first-order chi connectivity index (χ1) is 15.5. The molecule has 0 radical (unpaired) electrons. The van der Waals surface area contributed by atoms with Gasteiger partial charge in [-0.3, -0.25) is 5.10 Å². The first-order valence-electron chi connectivity index (χ1n) is 9.56. The zero-order chi connectivity index (χ0) is 22.4. The van der Waals surface area contributed by atoms with E-state index >= 15 is 0 Å². The Hall–Kier alpha value is -4.52. The van der Waals surface area contributed by atoms with Crippen LogP contribution in [0.15, 0.2) is 41.8 Å². The molecule has 1 aromatic heterocycles. The van der Waals surface area contributed by atoms with Gasteiger partial charge in [0, 0.05) is 5.56 Å². The summed E-state index contributed by atoms with van der Waals surface area (Å²) in [4.78, 5) is 0. The lowest BCUT2D eigenvalue weighted by molar-refractivity contribution is 0.174. The minimum absolute atomic E-state index is 0.0558. The Balaban J connectivity index is 1.73. The van der Waals surface area contributed by atoms with Gasteiger partial charge >= 0.3 is 0 Å². The Labute approximate surface area is 182 Å². The van der Waals surface area contributed by atoms with E-state index in [9.17, 15) is 10.4 Å². The normalized spacial score (nSPS) is 16.2. The second-order valence-electron chi connectivity index (χ2n) is 7.08. The summed E-state index contributed by atoms with van der Waals surface area (Å²) in [5.74, 6) is 1.00. The van der Waals surface area contributed by atoms with Crippen molar-refractivity contribution in [1.82, 2.24) is 10.2 Å². The number of fused-ring (bicyclic) bond motifs is 2. The summed E-state index contributed by atoms with van der Waals surface area (Å²) in [6.45, 7) is 0.149. The minimum atomic E-state index is -0.661. The molecule has 0 bridgehead atoms. The number of aromatic nitrogens is 2. The Kier molecular flexibility index (Phi) is 4.44. The van der Waals surface area contributed by atoms with Gasteiger partial charge in [0.25, 0.3) is 0 Å². The molecule has 10 nitrogen and oxygen atoms in total. The molecule has 0 unspecified atom stereocenters. The Morgan fingerprint density at radius 1 is 1.16 bits per heavy atom. The molecule has 1 atom stereocenters. The average molecular weight is 434 g/mol.